The third kappa shape index (κ3) is 3.45. The second kappa shape index (κ2) is 6.66. The van der Waals surface area contributed by atoms with Gasteiger partial charge in [-0.25, -0.2) is 0 Å². The Morgan fingerprint density at radius 3 is 2.60 bits per heavy atom. The van der Waals surface area contributed by atoms with E-state index in [0.717, 1.165) is 24.2 Å². The third-order valence-corrected chi connectivity index (χ3v) is 3.63. The van der Waals surface area contributed by atoms with Gasteiger partial charge in [-0.05, 0) is 38.0 Å². The zero-order valence-corrected chi connectivity index (χ0v) is 12.5. The van der Waals surface area contributed by atoms with Crippen LogP contribution in [0.15, 0.2) is 30.5 Å². The minimum Gasteiger partial charge on any atom is -0.386 e. The van der Waals surface area contributed by atoms with Gasteiger partial charge in [0.1, 0.15) is 6.10 Å². The Kier molecular flexibility index (Phi) is 4.90. The van der Waals surface area contributed by atoms with Crippen LogP contribution in [0.3, 0.4) is 0 Å². The maximum atomic E-state index is 10.2. The molecule has 0 radical (unpaired) electrons. The number of aliphatic hydroxyl groups is 1. The van der Waals surface area contributed by atoms with Gasteiger partial charge in [0.2, 0.25) is 0 Å². The fourth-order valence-corrected chi connectivity index (χ4v) is 2.40. The Labute approximate surface area is 120 Å². The van der Waals surface area contributed by atoms with Crippen LogP contribution in [0.25, 0.3) is 0 Å². The maximum Gasteiger partial charge on any atom is 0.102 e. The molecule has 1 atom stereocenters. The van der Waals surface area contributed by atoms with E-state index in [9.17, 15) is 5.11 Å². The summed E-state index contributed by atoms with van der Waals surface area (Å²) in [7, 11) is 0. The lowest BCUT2D eigenvalue weighted by Crippen LogP contribution is -2.09. The lowest BCUT2D eigenvalue weighted by Gasteiger charge is -2.13. The summed E-state index contributed by atoms with van der Waals surface area (Å²) in [5, 5.41) is 14.8. The number of nitrogens with zero attached hydrogens (tertiary/aromatic N) is 3. The molecule has 0 fully saturated rings. The average Bonchev–Trinajstić information content (AvgIpc) is 2.88. The summed E-state index contributed by atoms with van der Waals surface area (Å²) in [6.45, 7) is 6.26. The van der Waals surface area contributed by atoms with Gasteiger partial charge < -0.3 is 5.11 Å². The van der Waals surface area contributed by atoms with Crippen LogP contribution in [0.1, 0.15) is 55.9 Å². The molecule has 2 aromatic heterocycles. The summed E-state index contributed by atoms with van der Waals surface area (Å²) < 4.78 is 2.01. The molecule has 2 rings (SSSR count). The molecule has 0 aromatic carbocycles. The summed E-state index contributed by atoms with van der Waals surface area (Å²) in [5.74, 6) is 0. The van der Waals surface area contributed by atoms with E-state index in [2.05, 4.69) is 23.9 Å². The highest BCUT2D eigenvalue weighted by Gasteiger charge is 2.13. The van der Waals surface area contributed by atoms with Crippen molar-refractivity contribution in [1.29, 1.82) is 0 Å². The summed E-state index contributed by atoms with van der Waals surface area (Å²) in [6, 6.07) is 8.13. The van der Waals surface area contributed by atoms with Crippen LogP contribution in [0.5, 0.6) is 0 Å². The number of hydrogen-bond acceptors (Lipinski definition) is 3. The van der Waals surface area contributed by atoms with Crippen LogP contribution in [0.4, 0.5) is 0 Å². The number of pyridine rings is 1. The highest BCUT2D eigenvalue weighted by atomic mass is 16.3. The molecule has 0 saturated heterocycles. The van der Waals surface area contributed by atoms with Crippen molar-refractivity contribution in [2.45, 2.75) is 52.2 Å². The monoisotopic (exact) mass is 273 g/mol. The summed E-state index contributed by atoms with van der Waals surface area (Å²) in [5.41, 5.74) is 2.54. The molecule has 20 heavy (non-hydrogen) atoms. The van der Waals surface area contributed by atoms with Crippen LogP contribution in [-0.4, -0.2) is 19.9 Å². The first-order valence-electron chi connectivity index (χ1n) is 7.29. The second-order valence-corrected chi connectivity index (χ2v) is 5.18. The molecule has 1 unspecified atom stereocenters. The molecule has 0 saturated carbocycles. The lowest BCUT2D eigenvalue weighted by molar-refractivity contribution is 0.171. The van der Waals surface area contributed by atoms with Gasteiger partial charge in [-0.15, -0.1) is 0 Å². The largest absolute Gasteiger partial charge is 0.386 e. The van der Waals surface area contributed by atoms with Crippen molar-refractivity contribution in [3.05, 3.63) is 47.5 Å². The minimum atomic E-state index is -0.597. The Balaban J connectivity index is 2.06. The molecule has 0 aliphatic rings. The number of aryl methyl sites for hydroxylation is 1. The van der Waals surface area contributed by atoms with Crippen molar-refractivity contribution in [3.8, 4) is 0 Å². The Morgan fingerprint density at radius 2 is 1.95 bits per heavy atom. The predicted molar refractivity (Wildman–Crippen MR) is 79.5 cm³/mol. The van der Waals surface area contributed by atoms with Gasteiger partial charge in [0.05, 0.1) is 17.4 Å². The topological polar surface area (TPSA) is 50.9 Å². The van der Waals surface area contributed by atoms with Crippen LogP contribution in [-0.2, 0) is 6.42 Å². The second-order valence-electron chi connectivity index (χ2n) is 5.18. The van der Waals surface area contributed by atoms with Gasteiger partial charge in [-0.2, -0.15) is 5.10 Å². The maximum absolute atomic E-state index is 10.2. The van der Waals surface area contributed by atoms with E-state index in [4.69, 9.17) is 0 Å². The number of aliphatic hydroxyl groups excluding tert-OH is 1. The Hall–Kier alpha value is -1.68. The molecule has 0 amide bonds. The average molecular weight is 273 g/mol. The first-order valence-corrected chi connectivity index (χ1v) is 7.29. The SMILES string of the molecule is CCC(CC)n1ccc(CC(O)c2cccc(C)n2)n1. The van der Waals surface area contributed by atoms with E-state index in [1.807, 2.05) is 42.1 Å². The highest BCUT2D eigenvalue weighted by molar-refractivity contribution is 5.14. The molecule has 0 spiro atoms. The summed E-state index contributed by atoms with van der Waals surface area (Å²) in [4.78, 5) is 4.36. The first-order chi connectivity index (χ1) is 9.63. The van der Waals surface area contributed by atoms with Crippen molar-refractivity contribution < 1.29 is 5.11 Å². The molecule has 4 heteroatoms. The first kappa shape index (κ1) is 14.7. The molecule has 4 nitrogen and oxygen atoms in total. The van der Waals surface area contributed by atoms with Crippen molar-refractivity contribution in [3.63, 3.8) is 0 Å². The van der Waals surface area contributed by atoms with Gasteiger partial charge in [0, 0.05) is 18.3 Å². The third-order valence-electron chi connectivity index (χ3n) is 3.63. The molecule has 2 heterocycles. The fourth-order valence-electron chi connectivity index (χ4n) is 2.40. The van der Waals surface area contributed by atoms with Crippen LogP contribution in [0, 0.1) is 6.92 Å². The molecule has 1 N–H and O–H groups in total. The van der Waals surface area contributed by atoms with Gasteiger partial charge in [0.15, 0.2) is 0 Å². The standard InChI is InChI=1S/C16H23N3O/c1-4-14(5-2)19-10-9-13(18-19)11-16(20)15-8-6-7-12(3)17-15/h6-10,14,16,20H,4-5,11H2,1-3H3. The van der Waals surface area contributed by atoms with E-state index < -0.39 is 6.10 Å². The van der Waals surface area contributed by atoms with Gasteiger partial charge in [0.25, 0.3) is 0 Å². The van der Waals surface area contributed by atoms with E-state index in [-0.39, 0.29) is 0 Å². The van der Waals surface area contributed by atoms with Gasteiger partial charge in [-0.3, -0.25) is 9.67 Å². The van der Waals surface area contributed by atoms with Crippen LogP contribution < -0.4 is 0 Å². The zero-order chi connectivity index (χ0) is 14.5. The fraction of sp³-hybridized carbons (Fsp3) is 0.500. The quantitative estimate of drug-likeness (QED) is 0.879. The number of aromatic nitrogens is 3. The number of rotatable bonds is 6. The lowest BCUT2D eigenvalue weighted by atomic mass is 10.1. The van der Waals surface area contributed by atoms with E-state index in [1.165, 1.54) is 0 Å². The van der Waals surface area contributed by atoms with Crippen molar-refractivity contribution in [2.24, 2.45) is 0 Å². The van der Waals surface area contributed by atoms with Gasteiger partial charge in [-0.1, -0.05) is 19.9 Å². The number of hydrogen-bond donors (Lipinski definition) is 1. The molecular weight excluding hydrogens is 250 g/mol. The smallest absolute Gasteiger partial charge is 0.102 e. The molecule has 0 bridgehead atoms. The van der Waals surface area contributed by atoms with Crippen LogP contribution in [0.2, 0.25) is 0 Å². The summed E-state index contributed by atoms with van der Waals surface area (Å²) in [6.07, 6.45) is 4.05. The molecule has 0 aliphatic carbocycles. The molecule has 108 valence electrons. The zero-order valence-electron chi connectivity index (χ0n) is 12.5. The van der Waals surface area contributed by atoms with E-state index in [0.29, 0.717) is 18.2 Å². The minimum absolute atomic E-state index is 0.443. The van der Waals surface area contributed by atoms with Gasteiger partial charge >= 0.3 is 0 Å². The normalized spacial score (nSPS) is 12.8. The molecular formula is C16H23N3O. The Morgan fingerprint density at radius 1 is 1.20 bits per heavy atom. The summed E-state index contributed by atoms with van der Waals surface area (Å²) >= 11 is 0. The van der Waals surface area contributed by atoms with Crippen molar-refractivity contribution >= 4 is 0 Å². The van der Waals surface area contributed by atoms with Crippen LogP contribution >= 0.6 is 0 Å². The predicted octanol–water partition coefficient (Wildman–Crippen LogP) is 3.22. The van der Waals surface area contributed by atoms with Crippen molar-refractivity contribution in [1.82, 2.24) is 14.8 Å². The highest BCUT2D eigenvalue weighted by Crippen LogP contribution is 2.18. The van der Waals surface area contributed by atoms with Crippen molar-refractivity contribution in [2.75, 3.05) is 0 Å². The Bertz CT molecular complexity index is 546. The molecule has 2 aromatic rings. The molecule has 0 aliphatic heterocycles. The van der Waals surface area contributed by atoms with E-state index in [1.54, 1.807) is 0 Å². The van der Waals surface area contributed by atoms with E-state index >= 15 is 0 Å².